The molecule has 0 aliphatic rings. The van der Waals surface area contributed by atoms with E-state index in [0.29, 0.717) is 34.4 Å². The highest BCUT2D eigenvalue weighted by Gasteiger charge is 2.18. The fourth-order valence-corrected chi connectivity index (χ4v) is 4.53. The van der Waals surface area contributed by atoms with Crippen molar-refractivity contribution in [2.75, 3.05) is 15.8 Å². The topological polar surface area (TPSA) is 120 Å². The highest BCUT2D eigenvalue weighted by atomic mass is 32.2. The number of pyridine rings is 2. The smallest absolute Gasteiger partial charge is 0.232 e. The van der Waals surface area contributed by atoms with E-state index in [1.807, 2.05) is 42.5 Å². The average Bonchev–Trinajstić information content (AvgIpc) is 3.17. The third kappa shape index (κ3) is 4.25. The molecular formula is C25H23N5O3S. The second-order valence-corrected chi connectivity index (χ2v) is 9.91. The van der Waals surface area contributed by atoms with Gasteiger partial charge in [-0.2, -0.15) is 0 Å². The lowest BCUT2D eigenvalue weighted by molar-refractivity contribution is 0.460. The van der Waals surface area contributed by atoms with Crippen LogP contribution in [-0.4, -0.2) is 34.2 Å². The van der Waals surface area contributed by atoms with Crippen LogP contribution in [0.4, 0.5) is 11.4 Å². The van der Waals surface area contributed by atoms with Crippen LogP contribution in [0.5, 0.6) is 5.88 Å². The molecule has 0 bridgehead atoms. The average molecular weight is 474 g/mol. The van der Waals surface area contributed by atoms with E-state index in [-0.39, 0.29) is 11.6 Å². The Labute approximate surface area is 196 Å². The van der Waals surface area contributed by atoms with Gasteiger partial charge in [-0.3, -0.25) is 9.71 Å². The molecule has 0 fully saturated rings. The molecule has 4 N–H and O–H groups in total. The van der Waals surface area contributed by atoms with Gasteiger partial charge in [-0.15, -0.1) is 0 Å². The van der Waals surface area contributed by atoms with E-state index in [2.05, 4.69) is 20.0 Å². The number of hydrogen-bond donors (Lipinski definition) is 4. The third-order valence-electron chi connectivity index (χ3n) is 5.64. The molecule has 0 aliphatic carbocycles. The van der Waals surface area contributed by atoms with Crippen LogP contribution in [-0.2, 0) is 16.6 Å². The van der Waals surface area contributed by atoms with Gasteiger partial charge in [-0.05, 0) is 55.0 Å². The van der Waals surface area contributed by atoms with Gasteiger partial charge < -0.3 is 15.4 Å². The number of H-pyrrole nitrogens is 1. The molecule has 0 saturated heterocycles. The molecule has 0 radical (unpaired) electrons. The molecule has 172 valence electrons. The number of benzene rings is 2. The van der Waals surface area contributed by atoms with Crippen LogP contribution in [0.15, 0.2) is 73.1 Å². The van der Waals surface area contributed by atoms with E-state index in [4.69, 9.17) is 4.98 Å². The highest BCUT2D eigenvalue weighted by molar-refractivity contribution is 7.92. The number of nitrogens with one attached hydrogen (secondary N) is 3. The summed E-state index contributed by atoms with van der Waals surface area (Å²) in [5.74, 6) is -0.0666. The van der Waals surface area contributed by atoms with Gasteiger partial charge in [0, 0.05) is 46.6 Å². The van der Waals surface area contributed by atoms with Gasteiger partial charge in [0.05, 0.1) is 22.5 Å². The molecular weight excluding hydrogens is 450 g/mol. The Morgan fingerprint density at radius 1 is 1.00 bits per heavy atom. The highest BCUT2D eigenvalue weighted by Crippen LogP contribution is 2.39. The monoisotopic (exact) mass is 473 g/mol. The lowest BCUT2D eigenvalue weighted by Crippen LogP contribution is -2.14. The maximum atomic E-state index is 12.1. The Kier molecular flexibility index (Phi) is 5.54. The Hall–Kier alpha value is -4.11. The van der Waals surface area contributed by atoms with E-state index in [1.165, 1.54) is 0 Å². The van der Waals surface area contributed by atoms with Crippen LogP contribution in [0.2, 0.25) is 0 Å². The van der Waals surface area contributed by atoms with Gasteiger partial charge in [-0.25, -0.2) is 13.4 Å². The molecule has 3 heterocycles. The van der Waals surface area contributed by atoms with Crippen LogP contribution in [0.1, 0.15) is 12.5 Å². The Balaban J connectivity index is 1.62. The Bertz CT molecular complexity index is 1600. The SMILES string of the molecule is CCS(=O)(=O)Nc1ccc2[nH]c(O)c(-c3cc(NCc4ccncc4)c4ccccc4n3)c2c1. The minimum absolute atomic E-state index is 0.0327. The van der Waals surface area contributed by atoms with E-state index in [0.717, 1.165) is 22.2 Å². The molecule has 0 amide bonds. The number of aromatic hydroxyl groups is 1. The predicted molar refractivity (Wildman–Crippen MR) is 135 cm³/mol. The zero-order valence-electron chi connectivity index (χ0n) is 18.4. The zero-order valence-corrected chi connectivity index (χ0v) is 19.2. The summed E-state index contributed by atoms with van der Waals surface area (Å²) < 4.78 is 26.7. The molecule has 3 aromatic heterocycles. The van der Waals surface area contributed by atoms with Crippen molar-refractivity contribution in [1.82, 2.24) is 15.0 Å². The minimum atomic E-state index is -3.43. The van der Waals surface area contributed by atoms with Crippen molar-refractivity contribution in [2.45, 2.75) is 13.5 Å². The number of sulfonamides is 1. The van der Waals surface area contributed by atoms with Crippen LogP contribution in [0, 0.1) is 0 Å². The van der Waals surface area contributed by atoms with Gasteiger partial charge >= 0.3 is 0 Å². The summed E-state index contributed by atoms with van der Waals surface area (Å²) >= 11 is 0. The molecule has 0 atom stereocenters. The number of rotatable bonds is 7. The summed E-state index contributed by atoms with van der Waals surface area (Å²) in [4.78, 5) is 11.8. The summed E-state index contributed by atoms with van der Waals surface area (Å²) in [7, 11) is -3.43. The standard InChI is InChI=1S/C25H23N5O3S/c1-2-34(32,33)30-17-7-8-21-19(13-17)24(25(31)29-21)23-14-22(18-5-3-4-6-20(18)28-23)27-15-16-9-11-26-12-10-16/h3-14,29-31H,2,15H2,1H3,(H,27,28). The maximum absolute atomic E-state index is 12.1. The number of anilines is 2. The number of hydrogen-bond acceptors (Lipinski definition) is 6. The molecule has 34 heavy (non-hydrogen) atoms. The van der Waals surface area contributed by atoms with Crippen LogP contribution in [0.3, 0.4) is 0 Å². The first-order valence-electron chi connectivity index (χ1n) is 10.8. The number of aromatic amines is 1. The minimum Gasteiger partial charge on any atom is -0.494 e. The van der Waals surface area contributed by atoms with Crippen molar-refractivity contribution >= 4 is 43.2 Å². The maximum Gasteiger partial charge on any atom is 0.232 e. The summed E-state index contributed by atoms with van der Waals surface area (Å²) in [6.45, 7) is 2.17. The lowest BCUT2D eigenvalue weighted by atomic mass is 10.1. The number of fused-ring (bicyclic) bond motifs is 2. The van der Waals surface area contributed by atoms with Crippen molar-refractivity contribution in [2.24, 2.45) is 0 Å². The fourth-order valence-electron chi connectivity index (χ4n) is 3.90. The number of para-hydroxylation sites is 1. The summed E-state index contributed by atoms with van der Waals surface area (Å²) in [6.07, 6.45) is 3.50. The van der Waals surface area contributed by atoms with Crippen molar-refractivity contribution in [3.63, 3.8) is 0 Å². The van der Waals surface area contributed by atoms with Gasteiger partial charge in [0.1, 0.15) is 0 Å². The number of nitrogens with zero attached hydrogens (tertiary/aromatic N) is 2. The van der Waals surface area contributed by atoms with E-state index in [1.54, 1.807) is 37.5 Å². The van der Waals surface area contributed by atoms with Crippen molar-refractivity contribution in [1.29, 1.82) is 0 Å². The fraction of sp³-hybridized carbons (Fsp3) is 0.120. The Morgan fingerprint density at radius 3 is 2.59 bits per heavy atom. The van der Waals surface area contributed by atoms with E-state index >= 15 is 0 Å². The molecule has 0 spiro atoms. The molecule has 0 saturated carbocycles. The van der Waals surface area contributed by atoms with Crippen LogP contribution >= 0.6 is 0 Å². The molecule has 8 nitrogen and oxygen atoms in total. The van der Waals surface area contributed by atoms with Gasteiger partial charge in [0.2, 0.25) is 10.0 Å². The van der Waals surface area contributed by atoms with Gasteiger partial charge in [-0.1, -0.05) is 18.2 Å². The molecule has 0 aliphatic heterocycles. The van der Waals surface area contributed by atoms with Crippen LogP contribution < -0.4 is 10.0 Å². The van der Waals surface area contributed by atoms with E-state index in [9.17, 15) is 13.5 Å². The van der Waals surface area contributed by atoms with Gasteiger partial charge in [0.25, 0.3) is 0 Å². The normalized spacial score (nSPS) is 11.7. The zero-order chi connectivity index (χ0) is 23.7. The number of aromatic nitrogens is 3. The second-order valence-electron chi connectivity index (χ2n) is 7.90. The van der Waals surface area contributed by atoms with Crippen molar-refractivity contribution in [3.8, 4) is 17.1 Å². The summed E-state index contributed by atoms with van der Waals surface area (Å²) in [5.41, 5.74) is 4.89. The quantitative estimate of drug-likeness (QED) is 0.268. The first kappa shape index (κ1) is 21.7. The van der Waals surface area contributed by atoms with E-state index < -0.39 is 10.0 Å². The molecule has 5 rings (SSSR count). The van der Waals surface area contributed by atoms with Crippen molar-refractivity contribution < 1.29 is 13.5 Å². The third-order valence-corrected chi connectivity index (χ3v) is 6.94. The van der Waals surface area contributed by atoms with Gasteiger partial charge in [0.15, 0.2) is 5.88 Å². The first-order chi connectivity index (χ1) is 16.4. The largest absolute Gasteiger partial charge is 0.494 e. The molecule has 9 heteroatoms. The summed E-state index contributed by atoms with van der Waals surface area (Å²) in [6, 6.07) is 18.7. The van der Waals surface area contributed by atoms with Crippen molar-refractivity contribution in [3.05, 3.63) is 78.6 Å². The predicted octanol–water partition coefficient (Wildman–Crippen LogP) is 4.86. The van der Waals surface area contributed by atoms with Crippen LogP contribution in [0.25, 0.3) is 33.1 Å². The molecule has 2 aromatic carbocycles. The lowest BCUT2D eigenvalue weighted by Gasteiger charge is -2.12. The Morgan fingerprint density at radius 2 is 1.79 bits per heavy atom. The molecule has 5 aromatic rings. The second kappa shape index (κ2) is 8.68. The first-order valence-corrected chi connectivity index (χ1v) is 12.5. The molecule has 0 unspecified atom stereocenters. The summed E-state index contributed by atoms with van der Waals surface area (Å²) in [5, 5.41) is 15.9.